The van der Waals surface area contributed by atoms with E-state index in [9.17, 15) is 4.79 Å². The molecular weight excluding hydrogens is 286 g/mol. The van der Waals surface area contributed by atoms with Crippen LogP contribution < -0.4 is 0 Å². The van der Waals surface area contributed by atoms with Gasteiger partial charge in [0.05, 0.1) is 5.57 Å². The Balaban J connectivity index is 2.13. The van der Waals surface area contributed by atoms with Gasteiger partial charge in [0.25, 0.3) is 0 Å². The highest BCUT2D eigenvalue weighted by Gasteiger charge is 2.20. The first kappa shape index (κ1) is 17.2. The Morgan fingerprint density at radius 1 is 1.35 bits per heavy atom. The van der Waals surface area contributed by atoms with Crippen LogP contribution in [-0.4, -0.2) is 36.1 Å². The summed E-state index contributed by atoms with van der Waals surface area (Å²) in [7, 11) is 2.16. The smallest absolute Gasteiger partial charge is 0.335 e. The third kappa shape index (κ3) is 4.20. The third-order valence-corrected chi connectivity index (χ3v) is 4.48. The van der Waals surface area contributed by atoms with Gasteiger partial charge in [-0.2, -0.15) is 0 Å². The minimum atomic E-state index is -0.908. The van der Waals surface area contributed by atoms with E-state index in [2.05, 4.69) is 42.8 Å². The zero-order valence-electron chi connectivity index (χ0n) is 14.2. The minimum Gasteiger partial charge on any atom is -0.478 e. The largest absolute Gasteiger partial charge is 0.478 e. The first-order chi connectivity index (χ1) is 10.9. The number of benzene rings is 1. The lowest BCUT2D eigenvalue weighted by atomic mass is 9.95. The van der Waals surface area contributed by atoms with Gasteiger partial charge in [-0.25, -0.2) is 4.79 Å². The summed E-state index contributed by atoms with van der Waals surface area (Å²) in [6, 6.07) is 8.49. The van der Waals surface area contributed by atoms with Crippen LogP contribution in [0.5, 0.6) is 0 Å². The molecule has 3 nitrogen and oxygen atoms in total. The van der Waals surface area contributed by atoms with Crippen LogP contribution in [0.1, 0.15) is 37.3 Å². The zero-order valence-corrected chi connectivity index (χ0v) is 14.2. The highest BCUT2D eigenvalue weighted by Crippen LogP contribution is 2.28. The van der Waals surface area contributed by atoms with Gasteiger partial charge >= 0.3 is 5.97 Å². The predicted octanol–water partition coefficient (Wildman–Crippen LogP) is 4.10. The highest BCUT2D eigenvalue weighted by atomic mass is 16.4. The molecule has 1 aromatic carbocycles. The van der Waals surface area contributed by atoms with Gasteiger partial charge in [0.15, 0.2) is 0 Å². The predicted molar refractivity (Wildman–Crippen MR) is 95.5 cm³/mol. The van der Waals surface area contributed by atoms with E-state index >= 15 is 0 Å². The fourth-order valence-electron chi connectivity index (χ4n) is 3.12. The zero-order chi connectivity index (χ0) is 17.0. The van der Waals surface area contributed by atoms with Crippen LogP contribution in [0.4, 0.5) is 0 Å². The number of allylic oxidation sites excluding steroid dienone is 3. The number of carbonyl (C=O) groups is 1. The Hall–Kier alpha value is -2.13. The van der Waals surface area contributed by atoms with Crippen molar-refractivity contribution in [3.8, 4) is 0 Å². The molecule has 1 N–H and O–H groups in total. The van der Waals surface area contributed by atoms with E-state index in [4.69, 9.17) is 5.11 Å². The second-order valence-electron chi connectivity index (χ2n) is 6.23. The highest BCUT2D eigenvalue weighted by molar-refractivity contribution is 5.92. The average Bonchev–Trinajstić information content (AvgIpc) is 2.94. The fourth-order valence-corrected chi connectivity index (χ4v) is 3.12. The van der Waals surface area contributed by atoms with Crippen LogP contribution in [0, 0.1) is 0 Å². The maximum atomic E-state index is 11.2. The van der Waals surface area contributed by atoms with Crippen LogP contribution in [-0.2, 0) is 4.79 Å². The summed E-state index contributed by atoms with van der Waals surface area (Å²) >= 11 is 0. The number of nitrogens with zero attached hydrogens (tertiary/aromatic N) is 1. The molecule has 0 aliphatic carbocycles. The molecule has 2 rings (SSSR count). The van der Waals surface area contributed by atoms with Crippen LogP contribution in [0.25, 0.3) is 5.57 Å². The van der Waals surface area contributed by atoms with Gasteiger partial charge in [-0.1, -0.05) is 43.0 Å². The molecule has 0 saturated carbocycles. The standard InChI is InChI=1S/C20H25NO2/c1-5-19(20(22)23)15(3)12-14(2)16-6-8-17(9-7-16)18-10-11-21(4)13-18/h5-9,12,18H,2,10-11,13H2,1,3-4H3,(H,22,23). The summed E-state index contributed by atoms with van der Waals surface area (Å²) < 4.78 is 0. The number of carboxylic acids is 1. The Morgan fingerprint density at radius 3 is 2.48 bits per heavy atom. The lowest BCUT2D eigenvalue weighted by molar-refractivity contribution is -0.132. The van der Waals surface area contributed by atoms with Gasteiger partial charge in [0.1, 0.15) is 0 Å². The molecule has 122 valence electrons. The summed E-state index contributed by atoms with van der Waals surface area (Å²) in [5.41, 5.74) is 4.26. The fraction of sp³-hybridized carbons (Fsp3) is 0.350. The Kier molecular flexibility index (Phi) is 5.56. The summed E-state index contributed by atoms with van der Waals surface area (Å²) in [6.07, 6.45) is 4.65. The molecule has 1 aliphatic heterocycles. The molecule has 1 unspecified atom stereocenters. The van der Waals surface area contributed by atoms with Crippen LogP contribution in [0.3, 0.4) is 0 Å². The van der Waals surface area contributed by atoms with Crippen molar-refractivity contribution in [1.82, 2.24) is 4.90 Å². The van der Waals surface area contributed by atoms with Gasteiger partial charge in [-0.05, 0) is 62.1 Å². The van der Waals surface area contributed by atoms with E-state index in [1.54, 1.807) is 19.9 Å². The molecule has 1 fully saturated rings. The van der Waals surface area contributed by atoms with Crippen molar-refractivity contribution in [2.45, 2.75) is 26.2 Å². The number of carboxylic acid groups (broad SMARTS) is 1. The lowest BCUT2D eigenvalue weighted by Gasteiger charge is -2.12. The second-order valence-corrected chi connectivity index (χ2v) is 6.23. The van der Waals surface area contributed by atoms with E-state index in [0.717, 1.165) is 24.2 Å². The molecule has 0 aromatic heterocycles. The van der Waals surface area contributed by atoms with Gasteiger partial charge in [-0.3, -0.25) is 0 Å². The van der Waals surface area contributed by atoms with Crippen LogP contribution >= 0.6 is 0 Å². The monoisotopic (exact) mass is 311 g/mol. The van der Waals surface area contributed by atoms with Crippen LogP contribution in [0.2, 0.25) is 0 Å². The van der Waals surface area contributed by atoms with E-state index in [1.807, 2.05) is 6.08 Å². The maximum Gasteiger partial charge on any atom is 0.335 e. The average molecular weight is 311 g/mol. The molecule has 0 amide bonds. The minimum absolute atomic E-state index is 0.316. The Labute approximate surface area is 138 Å². The van der Waals surface area contributed by atoms with Crippen molar-refractivity contribution in [1.29, 1.82) is 0 Å². The van der Waals surface area contributed by atoms with Crippen molar-refractivity contribution in [3.63, 3.8) is 0 Å². The van der Waals surface area contributed by atoms with E-state index < -0.39 is 5.97 Å². The Bertz CT molecular complexity index is 653. The summed E-state index contributed by atoms with van der Waals surface area (Å²) in [5.74, 6) is -0.295. The molecule has 3 heteroatoms. The molecule has 1 heterocycles. The van der Waals surface area contributed by atoms with E-state index in [0.29, 0.717) is 17.1 Å². The van der Waals surface area contributed by atoms with Crippen LogP contribution in [0.15, 0.2) is 54.1 Å². The SMILES string of the molecule is C=C(C=C(C)C(=CC)C(=O)O)c1ccc(C2CCN(C)C2)cc1. The summed E-state index contributed by atoms with van der Waals surface area (Å²) in [6.45, 7) is 9.88. The van der Waals surface area contributed by atoms with E-state index in [1.165, 1.54) is 12.0 Å². The van der Waals surface area contributed by atoms with Gasteiger partial charge in [-0.15, -0.1) is 0 Å². The topological polar surface area (TPSA) is 40.5 Å². The molecule has 1 saturated heterocycles. The van der Waals surface area contributed by atoms with Crippen molar-refractivity contribution < 1.29 is 9.90 Å². The van der Waals surface area contributed by atoms with Crippen molar-refractivity contribution in [2.24, 2.45) is 0 Å². The molecule has 23 heavy (non-hydrogen) atoms. The van der Waals surface area contributed by atoms with E-state index in [-0.39, 0.29) is 0 Å². The number of hydrogen-bond donors (Lipinski definition) is 1. The summed E-state index contributed by atoms with van der Waals surface area (Å²) in [5, 5.41) is 9.16. The molecule has 1 aromatic rings. The third-order valence-electron chi connectivity index (χ3n) is 4.48. The number of likely N-dealkylation sites (N-methyl/N-ethyl adjacent to an activating group) is 1. The number of rotatable bonds is 5. The normalized spacial score (nSPS) is 19.9. The molecular formula is C20H25NO2. The van der Waals surface area contributed by atoms with Gasteiger partial charge in [0.2, 0.25) is 0 Å². The number of likely N-dealkylation sites (tertiary alicyclic amines) is 1. The lowest BCUT2D eigenvalue weighted by Crippen LogP contribution is -2.13. The van der Waals surface area contributed by atoms with Crippen molar-refractivity contribution in [2.75, 3.05) is 20.1 Å². The number of hydrogen-bond acceptors (Lipinski definition) is 2. The maximum absolute atomic E-state index is 11.2. The first-order valence-electron chi connectivity index (χ1n) is 7.98. The molecule has 1 atom stereocenters. The van der Waals surface area contributed by atoms with Gasteiger partial charge < -0.3 is 10.0 Å². The first-order valence-corrected chi connectivity index (χ1v) is 7.98. The quantitative estimate of drug-likeness (QED) is 0.657. The second kappa shape index (κ2) is 7.42. The summed E-state index contributed by atoms with van der Waals surface area (Å²) in [4.78, 5) is 13.5. The molecule has 0 radical (unpaired) electrons. The van der Waals surface area contributed by atoms with Crippen molar-refractivity contribution >= 4 is 11.5 Å². The van der Waals surface area contributed by atoms with Crippen molar-refractivity contribution in [3.05, 3.63) is 65.3 Å². The molecule has 0 bridgehead atoms. The molecule has 1 aliphatic rings. The van der Waals surface area contributed by atoms with Gasteiger partial charge in [0, 0.05) is 6.54 Å². The Morgan fingerprint density at radius 2 is 2.00 bits per heavy atom. The number of aliphatic carboxylic acids is 1. The molecule has 0 spiro atoms.